The number of hydrogen-bond donors (Lipinski definition) is 1. The Morgan fingerprint density at radius 2 is 1.98 bits per heavy atom. The van der Waals surface area contributed by atoms with Gasteiger partial charge in [-0.2, -0.15) is 15.2 Å². The quantitative estimate of drug-likeness (QED) is 0.256. The molecule has 43 heavy (non-hydrogen) atoms. The Morgan fingerprint density at radius 1 is 1.12 bits per heavy atom. The van der Waals surface area contributed by atoms with Crippen LogP contribution >= 0.6 is 11.6 Å². The Morgan fingerprint density at radius 3 is 2.79 bits per heavy atom. The first-order chi connectivity index (χ1) is 21.0. The van der Waals surface area contributed by atoms with Crippen molar-refractivity contribution in [3.63, 3.8) is 0 Å². The molecule has 0 amide bonds. The van der Waals surface area contributed by atoms with Crippen molar-refractivity contribution in [1.29, 1.82) is 5.26 Å². The Labute approximate surface area is 254 Å². The van der Waals surface area contributed by atoms with Gasteiger partial charge in [-0.3, -0.25) is 4.90 Å². The van der Waals surface area contributed by atoms with E-state index in [0.29, 0.717) is 36.2 Å². The molecule has 2 fully saturated rings. The summed E-state index contributed by atoms with van der Waals surface area (Å²) in [5, 5.41) is 17.4. The molecule has 0 bridgehead atoms. The lowest BCUT2D eigenvalue weighted by atomic mass is 9.94. The van der Waals surface area contributed by atoms with Gasteiger partial charge < -0.3 is 24.1 Å². The van der Waals surface area contributed by atoms with Crippen LogP contribution in [0.5, 0.6) is 6.01 Å². The van der Waals surface area contributed by atoms with Crippen LogP contribution in [0.2, 0.25) is 5.02 Å². The molecule has 5 aromatic rings. The van der Waals surface area contributed by atoms with Gasteiger partial charge in [0.25, 0.3) is 0 Å². The molecule has 1 N–H and O–H groups in total. The van der Waals surface area contributed by atoms with E-state index in [4.69, 9.17) is 35.5 Å². The predicted octanol–water partition coefficient (Wildman–Crippen LogP) is 5.64. The van der Waals surface area contributed by atoms with Gasteiger partial charge in [0, 0.05) is 61.2 Å². The number of nitrogens with zero attached hydrogens (tertiary/aromatic N) is 5. The highest BCUT2D eigenvalue weighted by Crippen LogP contribution is 2.42. The van der Waals surface area contributed by atoms with Crippen molar-refractivity contribution in [1.82, 2.24) is 20.2 Å². The lowest BCUT2D eigenvalue weighted by Crippen LogP contribution is -2.51. The number of anilines is 1. The maximum absolute atomic E-state index is 9.38. The van der Waals surface area contributed by atoms with E-state index < -0.39 is 0 Å². The smallest absolute Gasteiger partial charge is 0.319 e. The molecule has 7 rings (SSSR count). The second kappa shape index (κ2) is 11.6. The van der Waals surface area contributed by atoms with Gasteiger partial charge in [0.05, 0.1) is 35.8 Å². The second-order valence-corrected chi connectivity index (χ2v) is 11.8. The molecule has 9 nitrogen and oxygen atoms in total. The van der Waals surface area contributed by atoms with E-state index in [-0.39, 0.29) is 18.2 Å². The first-order valence-electron chi connectivity index (χ1n) is 14.6. The third-order valence-electron chi connectivity index (χ3n) is 8.79. The zero-order chi connectivity index (χ0) is 29.5. The summed E-state index contributed by atoms with van der Waals surface area (Å²) >= 11 is 6.77. The van der Waals surface area contributed by atoms with Gasteiger partial charge in [0.15, 0.2) is 0 Å². The number of methoxy groups -OCH3 is 1. The van der Waals surface area contributed by atoms with Crippen LogP contribution in [-0.2, 0) is 4.74 Å². The molecule has 2 aromatic heterocycles. The monoisotopic (exact) mass is 596 g/mol. The number of halogens is 1. The van der Waals surface area contributed by atoms with Crippen LogP contribution in [0.4, 0.5) is 5.82 Å². The minimum absolute atomic E-state index is 0.0374. The lowest BCUT2D eigenvalue weighted by Gasteiger charge is -2.34. The molecule has 1 unspecified atom stereocenters. The third-order valence-corrected chi connectivity index (χ3v) is 9.10. The number of piperazine rings is 1. The third kappa shape index (κ3) is 5.15. The molecule has 0 saturated carbocycles. The molecular weight excluding hydrogens is 564 g/mol. The van der Waals surface area contributed by atoms with Crippen molar-refractivity contribution >= 4 is 50.1 Å². The highest BCUT2D eigenvalue weighted by Gasteiger charge is 2.31. The molecule has 10 heteroatoms. The summed E-state index contributed by atoms with van der Waals surface area (Å²) < 4.78 is 18.1. The first kappa shape index (κ1) is 27.9. The van der Waals surface area contributed by atoms with E-state index >= 15 is 0 Å². The summed E-state index contributed by atoms with van der Waals surface area (Å²) in [6.45, 7) is 3.44. The van der Waals surface area contributed by atoms with E-state index in [1.807, 2.05) is 24.3 Å². The number of furan rings is 1. The molecular formula is C33H33ClN6O3. The summed E-state index contributed by atoms with van der Waals surface area (Å²) in [6.07, 6.45) is 3.21. The summed E-state index contributed by atoms with van der Waals surface area (Å²) in [5.74, 6) is 0.751. The summed E-state index contributed by atoms with van der Waals surface area (Å²) in [5.41, 5.74) is 3.43. The van der Waals surface area contributed by atoms with E-state index in [1.165, 1.54) is 0 Å². The summed E-state index contributed by atoms with van der Waals surface area (Å²) in [4.78, 5) is 14.4. The molecule has 3 aromatic carbocycles. The Bertz CT molecular complexity index is 1850. The van der Waals surface area contributed by atoms with Gasteiger partial charge in [0.1, 0.15) is 18.0 Å². The number of fused-ring (bicyclic) bond motifs is 4. The maximum atomic E-state index is 9.38. The number of likely N-dealkylation sites (tertiary alicyclic amines) is 1. The number of ether oxygens (including phenoxy) is 2. The van der Waals surface area contributed by atoms with Crippen LogP contribution in [-0.4, -0.2) is 80.0 Å². The summed E-state index contributed by atoms with van der Waals surface area (Å²) in [6, 6.07) is 19.1. The molecule has 2 aliphatic rings. The average Bonchev–Trinajstić information content (AvgIpc) is 3.66. The van der Waals surface area contributed by atoms with E-state index in [9.17, 15) is 5.26 Å². The minimum atomic E-state index is 0.0374. The Balaban J connectivity index is 1.38. The largest absolute Gasteiger partial charge is 0.463 e. The van der Waals surface area contributed by atoms with Crippen LogP contribution in [0.15, 0.2) is 59.2 Å². The number of hydrogen-bond acceptors (Lipinski definition) is 9. The highest BCUT2D eigenvalue weighted by atomic mass is 35.5. The Hall–Kier alpha value is -3.94. The fourth-order valence-electron chi connectivity index (χ4n) is 6.56. The standard InChI is InChI=1S/C33H33ClN6O3/c1-39-18-23(41-2)15-22(39)19-43-33-37-28-16-26(24-7-3-5-20-6-4-8-27(34)29(20)24)25-10-14-42-31(25)30(28)32(38-33)40-13-12-36-21(17-40)9-11-35/h3-8,10,14,16,21-23,36H,9,12-13,15,17-19H2,1-2H3/t21?,22-,23+/m0/s1. The molecule has 0 radical (unpaired) electrons. The van der Waals surface area contributed by atoms with E-state index in [1.54, 1.807) is 13.4 Å². The molecule has 0 aliphatic carbocycles. The predicted molar refractivity (Wildman–Crippen MR) is 169 cm³/mol. The van der Waals surface area contributed by atoms with Crippen LogP contribution in [0.1, 0.15) is 12.8 Å². The van der Waals surface area contributed by atoms with Gasteiger partial charge in [-0.1, -0.05) is 41.9 Å². The Kier molecular flexibility index (Phi) is 7.53. The number of likely N-dealkylation sites (N-methyl/N-ethyl adjacent to an activating group) is 1. The fraction of sp³-hybridized carbons (Fsp3) is 0.364. The van der Waals surface area contributed by atoms with E-state index in [2.05, 4.69) is 52.5 Å². The zero-order valence-corrected chi connectivity index (χ0v) is 25.0. The number of benzene rings is 3. The van der Waals surface area contributed by atoms with Crippen molar-refractivity contribution in [2.45, 2.75) is 31.0 Å². The van der Waals surface area contributed by atoms with Crippen molar-refractivity contribution < 1.29 is 13.9 Å². The van der Waals surface area contributed by atoms with Crippen LogP contribution in [0.3, 0.4) is 0 Å². The van der Waals surface area contributed by atoms with Gasteiger partial charge in [-0.05, 0) is 48.2 Å². The van der Waals surface area contributed by atoms with Gasteiger partial charge in [-0.25, -0.2) is 0 Å². The van der Waals surface area contributed by atoms with Crippen molar-refractivity contribution in [3.05, 3.63) is 59.8 Å². The minimum Gasteiger partial charge on any atom is -0.463 e. The highest BCUT2D eigenvalue weighted by molar-refractivity contribution is 6.37. The topological polar surface area (TPSA) is 99.7 Å². The van der Waals surface area contributed by atoms with Crippen LogP contribution in [0.25, 0.3) is 43.8 Å². The maximum Gasteiger partial charge on any atom is 0.319 e. The normalized spacial score (nSPS) is 21.2. The number of nitrogens with one attached hydrogen (secondary N) is 1. The van der Waals surface area contributed by atoms with Crippen LogP contribution in [0, 0.1) is 11.3 Å². The number of nitriles is 1. The lowest BCUT2D eigenvalue weighted by molar-refractivity contribution is 0.111. The SMILES string of the molecule is CO[C@@H]1C[C@@H](COc2nc(N3CCNC(CC#N)C3)c3c(cc(-c4cccc5cccc(Cl)c45)c4ccoc43)n2)N(C)C1. The van der Waals surface area contributed by atoms with Gasteiger partial charge in [-0.15, -0.1) is 0 Å². The zero-order valence-electron chi connectivity index (χ0n) is 24.2. The molecule has 4 heterocycles. The fourth-order valence-corrected chi connectivity index (χ4v) is 6.85. The first-order valence-corrected chi connectivity index (χ1v) is 15.0. The molecule has 2 saturated heterocycles. The van der Waals surface area contributed by atoms with Crippen molar-refractivity contribution in [3.8, 4) is 23.2 Å². The molecule has 0 spiro atoms. The average molecular weight is 597 g/mol. The van der Waals surface area contributed by atoms with Crippen molar-refractivity contribution in [2.75, 3.05) is 51.8 Å². The van der Waals surface area contributed by atoms with E-state index in [0.717, 1.165) is 70.1 Å². The molecule has 3 atom stereocenters. The summed E-state index contributed by atoms with van der Waals surface area (Å²) in [7, 11) is 3.84. The number of aromatic nitrogens is 2. The number of rotatable bonds is 7. The van der Waals surface area contributed by atoms with Crippen molar-refractivity contribution in [2.24, 2.45) is 0 Å². The molecule has 220 valence electrons. The van der Waals surface area contributed by atoms with Crippen LogP contribution < -0.4 is 15.0 Å². The van der Waals surface area contributed by atoms with Gasteiger partial charge in [0.2, 0.25) is 0 Å². The van der Waals surface area contributed by atoms with Gasteiger partial charge >= 0.3 is 6.01 Å². The second-order valence-electron chi connectivity index (χ2n) is 11.4. The molecule has 2 aliphatic heterocycles.